The summed E-state index contributed by atoms with van der Waals surface area (Å²) in [5, 5.41) is 2.80. The molecule has 1 aliphatic carbocycles. The molecule has 1 saturated carbocycles. The molecule has 1 aromatic carbocycles. The average molecular weight is 277 g/mol. The van der Waals surface area contributed by atoms with Gasteiger partial charge in [0.05, 0.1) is 0 Å². The first kappa shape index (κ1) is 14.4. The molecule has 1 fully saturated rings. The van der Waals surface area contributed by atoms with Gasteiger partial charge >= 0.3 is 12.1 Å². The van der Waals surface area contributed by atoms with Crippen LogP contribution in [0.1, 0.15) is 31.7 Å². The van der Waals surface area contributed by atoms with Crippen LogP contribution in [-0.2, 0) is 20.9 Å². The summed E-state index contributed by atoms with van der Waals surface area (Å²) >= 11 is 0. The van der Waals surface area contributed by atoms with Crippen LogP contribution in [0.5, 0.6) is 0 Å². The summed E-state index contributed by atoms with van der Waals surface area (Å²) in [6.45, 7) is 1.65. The summed E-state index contributed by atoms with van der Waals surface area (Å²) in [7, 11) is 0. The van der Waals surface area contributed by atoms with Gasteiger partial charge in [-0.3, -0.25) is 4.79 Å². The third kappa shape index (κ3) is 4.57. The topological polar surface area (TPSA) is 64.6 Å². The Labute approximate surface area is 118 Å². The van der Waals surface area contributed by atoms with Gasteiger partial charge in [-0.25, -0.2) is 4.79 Å². The average Bonchev–Trinajstić information content (AvgIpc) is 2.84. The molecule has 0 saturated heterocycles. The van der Waals surface area contributed by atoms with Gasteiger partial charge in [0.15, 0.2) is 0 Å². The predicted molar refractivity (Wildman–Crippen MR) is 73.0 cm³/mol. The number of benzene rings is 1. The molecule has 5 heteroatoms. The molecule has 1 N–H and O–H groups in total. The van der Waals surface area contributed by atoms with Crippen molar-refractivity contribution in [1.29, 1.82) is 0 Å². The monoisotopic (exact) mass is 277 g/mol. The number of hydrogen-bond acceptors (Lipinski definition) is 4. The lowest BCUT2D eigenvalue weighted by Crippen LogP contribution is -2.33. The molecule has 0 heterocycles. The fraction of sp³-hybridized carbons (Fsp3) is 0.467. The lowest BCUT2D eigenvalue weighted by molar-refractivity contribution is -0.145. The number of amides is 1. The Hall–Kier alpha value is -2.04. The van der Waals surface area contributed by atoms with Crippen molar-refractivity contribution < 1.29 is 19.1 Å². The van der Waals surface area contributed by atoms with Crippen LogP contribution in [0.25, 0.3) is 0 Å². The molecule has 2 atom stereocenters. The van der Waals surface area contributed by atoms with E-state index in [1.165, 1.54) is 6.92 Å². The summed E-state index contributed by atoms with van der Waals surface area (Å²) in [6.07, 6.45) is 1.72. The van der Waals surface area contributed by atoms with Crippen molar-refractivity contribution >= 4 is 12.1 Å². The van der Waals surface area contributed by atoms with Crippen molar-refractivity contribution in [2.45, 2.75) is 44.9 Å². The quantitative estimate of drug-likeness (QED) is 0.858. The van der Waals surface area contributed by atoms with E-state index >= 15 is 0 Å². The van der Waals surface area contributed by atoms with Crippen LogP contribution in [0.2, 0.25) is 0 Å². The third-order valence-corrected chi connectivity index (χ3v) is 3.25. The Kier molecular flexibility index (Phi) is 4.98. The van der Waals surface area contributed by atoms with Gasteiger partial charge in [-0.1, -0.05) is 30.3 Å². The summed E-state index contributed by atoms with van der Waals surface area (Å²) in [5.74, 6) is -0.276. The van der Waals surface area contributed by atoms with Crippen molar-refractivity contribution in [2.75, 3.05) is 0 Å². The zero-order valence-corrected chi connectivity index (χ0v) is 11.5. The van der Waals surface area contributed by atoms with Gasteiger partial charge in [0, 0.05) is 19.4 Å². The molecule has 1 amide bonds. The van der Waals surface area contributed by atoms with Gasteiger partial charge in [-0.05, 0) is 18.4 Å². The van der Waals surface area contributed by atoms with Crippen LogP contribution in [0.15, 0.2) is 30.3 Å². The number of ether oxygens (including phenoxy) is 2. The van der Waals surface area contributed by atoms with E-state index in [0.717, 1.165) is 18.4 Å². The summed E-state index contributed by atoms with van der Waals surface area (Å²) in [6, 6.07) is 9.54. The molecule has 0 radical (unpaired) electrons. The van der Waals surface area contributed by atoms with Crippen molar-refractivity contribution in [1.82, 2.24) is 5.32 Å². The third-order valence-electron chi connectivity index (χ3n) is 3.25. The van der Waals surface area contributed by atoms with Gasteiger partial charge in [-0.15, -0.1) is 0 Å². The SMILES string of the molecule is CC(=O)O[C@H]1CC[C@H](NC(=O)OCc2ccccc2)C1. The first-order valence-corrected chi connectivity index (χ1v) is 6.78. The normalized spacial score (nSPS) is 21.2. The van der Waals surface area contributed by atoms with Gasteiger partial charge in [0.2, 0.25) is 0 Å². The second kappa shape index (κ2) is 6.93. The Balaban J connectivity index is 1.69. The zero-order chi connectivity index (χ0) is 14.4. The van der Waals surface area contributed by atoms with Crippen LogP contribution in [0.3, 0.4) is 0 Å². The minimum absolute atomic E-state index is 0.0163. The van der Waals surface area contributed by atoms with Crippen molar-refractivity contribution in [2.24, 2.45) is 0 Å². The number of alkyl carbamates (subject to hydrolysis) is 1. The van der Waals surface area contributed by atoms with E-state index in [1.807, 2.05) is 30.3 Å². The minimum atomic E-state index is -0.428. The molecule has 20 heavy (non-hydrogen) atoms. The van der Waals surface area contributed by atoms with Crippen LogP contribution in [0.4, 0.5) is 4.79 Å². The Bertz CT molecular complexity index is 460. The zero-order valence-electron chi connectivity index (χ0n) is 11.5. The first-order chi connectivity index (χ1) is 9.63. The molecule has 0 spiro atoms. The number of hydrogen-bond donors (Lipinski definition) is 1. The summed E-state index contributed by atoms with van der Waals surface area (Å²) < 4.78 is 10.3. The maximum Gasteiger partial charge on any atom is 0.407 e. The van der Waals surface area contributed by atoms with Gasteiger partial charge < -0.3 is 14.8 Å². The first-order valence-electron chi connectivity index (χ1n) is 6.78. The van der Waals surface area contributed by atoms with Gasteiger partial charge in [0.1, 0.15) is 12.7 Å². The standard InChI is InChI=1S/C15H19NO4/c1-11(17)20-14-8-7-13(9-14)16-15(18)19-10-12-5-3-2-4-6-12/h2-6,13-14H,7-10H2,1H3,(H,16,18)/t13-,14-/m0/s1. The fourth-order valence-electron chi connectivity index (χ4n) is 2.34. The van der Waals surface area contributed by atoms with E-state index in [0.29, 0.717) is 6.42 Å². The van der Waals surface area contributed by atoms with Crippen molar-refractivity contribution in [3.05, 3.63) is 35.9 Å². The number of esters is 1. The highest BCUT2D eigenvalue weighted by molar-refractivity contribution is 5.68. The highest BCUT2D eigenvalue weighted by atomic mass is 16.6. The van der Waals surface area contributed by atoms with Gasteiger partial charge in [0.25, 0.3) is 0 Å². The van der Waals surface area contributed by atoms with Crippen LogP contribution in [-0.4, -0.2) is 24.2 Å². The lowest BCUT2D eigenvalue weighted by Gasteiger charge is -2.13. The maximum absolute atomic E-state index is 11.7. The van der Waals surface area contributed by atoms with E-state index in [-0.39, 0.29) is 24.7 Å². The number of carbonyl (C=O) groups excluding carboxylic acids is 2. The largest absolute Gasteiger partial charge is 0.462 e. The van der Waals surface area contributed by atoms with E-state index in [4.69, 9.17) is 9.47 Å². The molecule has 1 aliphatic rings. The molecule has 0 aromatic heterocycles. The number of rotatable bonds is 4. The summed E-state index contributed by atoms with van der Waals surface area (Å²) in [4.78, 5) is 22.5. The Morgan fingerprint density at radius 1 is 1.25 bits per heavy atom. The summed E-state index contributed by atoms with van der Waals surface area (Å²) in [5.41, 5.74) is 0.951. The van der Waals surface area contributed by atoms with E-state index in [1.54, 1.807) is 0 Å². The number of nitrogens with one attached hydrogen (secondary N) is 1. The maximum atomic E-state index is 11.7. The highest BCUT2D eigenvalue weighted by Gasteiger charge is 2.28. The smallest absolute Gasteiger partial charge is 0.407 e. The second-order valence-corrected chi connectivity index (χ2v) is 4.95. The second-order valence-electron chi connectivity index (χ2n) is 4.95. The van der Waals surface area contributed by atoms with E-state index in [9.17, 15) is 9.59 Å². The van der Waals surface area contributed by atoms with Crippen LogP contribution < -0.4 is 5.32 Å². The molecule has 5 nitrogen and oxygen atoms in total. The molecule has 108 valence electrons. The number of carbonyl (C=O) groups is 2. The molecular weight excluding hydrogens is 258 g/mol. The molecule has 0 aliphatic heterocycles. The predicted octanol–water partition coefficient (Wildman–Crippen LogP) is 2.40. The van der Waals surface area contributed by atoms with Crippen molar-refractivity contribution in [3.8, 4) is 0 Å². The molecule has 1 aromatic rings. The molecule has 0 unspecified atom stereocenters. The van der Waals surface area contributed by atoms with Crippen molar-refractivity contribution in [3.63, 3.8) is 0 Å². The molecule has 0 bridgehead atoms. The van der Waals surface area contributed by atoms with E-state index < -0.39 is 6.09 Å². The highest BCUT2D eigenvalue weighted by Crippen LogP contribution is 2.22. The van der Waals surface area contributed by atoms with E-state index in [2.05, 4.69) is 5.32 Å². The Morgan fingerprint density at radius 2 is 2.00 bits per heavy atom. The Morgan fingerprint density at radius 3 is 2.70 bits per heavy atom. The molecule has 2 rings (SSSR count). The van der Waals surface area contributed by atoms with Gasteiger partial charge in [-0.2, -0.15) is 0 Å². The fourth-order valence-corrected chi connectivity index (χ4v) is 2.34. The lowest BCUT2D eigenvalue weighted by atomic mass is 10.2. The van der Waals surface area contributed by atoms with Crippen LogP contribution in [0, 0.1) is 0 Å². The van der Waals surface area contributed by atoms with Crippen LogP contribution >= 0.6 is 0 Å². The minimum Gasteiger partial charge on any atom is -0.462 e. The molecular formula is C15H19NO4.